The maximum atomic E-state index is 7.56. The number of aromatic nitrogens is 3. The van der Waals surface area contributed by atoms with Crippen molar-refractivity contribution in [2.24, 2.45) is 0 Å². The summed E-state index contributed by atoms with van der Waals surface area (Å²) < 4.78 is 2.40. The smallest absolute Gasteiger partial charge is 0.187 e. The largest absolute Gasteiger partial charge is 0.310 e. The van der Waals surface area contributed by atoms with Crippen LogP contribution in [-0.2, 0) is 0 Å². The van der Waals surface area contributed by atoms with Crippen molar-refractivity contribution in [2.45, 2.75) is 0 Å². The Morgan fingerprint density at radius 1 is 0.299 bits per heavy atom. The second-order valence-corrected chi connectivity index (χ2v) is 18.9. The lowest BCUT2D eigenvalue weighted by molar-refractivity contribution is 1.18. The number of hydrogen-bond acceptors (Lipinski definition) is 4. The molecule has 0 spiro atoms. The Kier molecular flexibility index (Phi) is 12.2. The van der Waals surface area contributed by atoms with Crippen molar-refractivity contribution in [3.63, 3.8) is 0 Å². The van der Waals surface area contributed by atoms with Crippen molar-refractivity contribution in [3.05, 3.63) is 303 Å². The van der Waals surface area contributed by atoms with Crippen LogP contribution in [0.5, 0.6) is 0 Å². The topological polar surface area (TPSA) is 41.6 Å². The fourth-order valence-corrected chi connectivity index (χ4v) is 10.4. The minimum Gasteiger partial charge on any atom is -0.310 e. The predicted molar refractivity (Wildman–Crippen MR) is 319 cm³/mol. The number of rotatable bonds is 12. The Morgan fingerprint density at radius 2 is 0.662 bits per heavy atom. The van der Waals surface area contributed by atoms with Crippen LogP contribution in [0.3, 0.4) is 0 Å². The van der Waals surface area contributed by atoms with Gasteiger partial charge in [0.1, 0.15) is 0 Å². The molecule has 11 aromatic carbocycles. The molecule has 6 heteroatoms. The van der Waals surface area contributed by atoms with Gasteiger partial charge in [-0.15, -0.1) is 0 Å². The number of benzene rings is 11. The van der Waals surface area contributed by atoms with Gasteiger partial charge in [-0.05, 0) is 131 Å². The number of fused-ring (bicyclic) bond motifs is 3. The molecule has 0 amide bonds. The minimum atomic E-state index is 0.555. The van der Waals surface area contributed by atoms with Gasteiger partial charge in [-0.3, -0.25) is 0 Å². The first-order valence-electron chi connectivity index (χ1n) is 25.7. The van der Waals surface area contributed by atoms with E-state index in [0.29, 0.717) is 11.5 Å². The van der Waals surface area contributed by atoms with E-state index in [9.17, 15) is 0 Å². The zero-order valence-corrected chi connectivity index (χ0v) is 41.9. The van der Waals surface area contributed by atoms with Crippen molar-refractivity contribution >= 4 is 61.6 Å². The fraction of sp³-hybridized carbons (Fsp3) is 0. The van der Waals surface area contributed by atoms with Crippen molar-refractivity contribution in [2.75, 3.05) is 9.80 Å². The van der Waals surface area contributed by atoms with Crippen molar-refractivity contribution in [1.29, 1.82) is 0 Å². The van der Waals surface area contributed by atoms with Gasteiger partial charge in [-0.25, -0.2) is 14.8 Å². The van der Waals surface area contributed by atoms with Crippen LogP contribution in [0.25, 0.3) is 88.5 Å². The maximum Gasteiger partial charge on any atom is 0.187 e. The molecule has 0 radical (unpaired) electrons. The third-order valence-electron chi connectivity index (χ3n) is 14.2. The average molecular weight is 985 g/mol. The molecule has 0 bridgehead atoms. The highest BCUT2D eigenvalue weighted by Gasteiger charge is 2.21. The second kappa shape index (κ2) is 20.4. The minimum absolute atomic E-state index is 0.555. The highest BCUT2D eigenvalue weighted by Crippen LogP contribution is 2.43. The van der Waals surface area contributed by atoms with Gasteiger partial charge in [-0.2, -0.15) is 0 Å². The number of hydrogen-bond donors (Lipinski definition) is 0. The van der Waals surface area contributed by atoms with Gasteiger partial charge in [0.05, 0.1) is 29.0 Å². The zero-order valence-electron chi connectivity index (χ0n) is 41.9. The molecule has 13 aromatic rings. The van der Waals surface area contributed by atoms with Crippen molar-refractivity contribution in [3.8, 4) is 61.8 Å². The highest BCUT2D eigenvalue weighted by atomic mass is 15.1. The van der Waals surface area contributed by atoms with Gasteiger partial charge >= 0.3 is 0 Å². The average Bonchev–Trinajstić information content (AvgIpc) is 3.92. The number of nitrogens with zero attached hydrogens (tertiary/aromatic N) is 6. The van der Waals surface area contributed by atoms with E-state index in [2.05, 4.69) is 262 Å². The lowest BCUT2D eigenvalue weighted by atomic mass is 9.98. The zero-order chi connectivity index (χ0) is 51.5. The highest BCUT2D eigenvalue weighted by molar-refractivity contribution is 6.12. The quantitative estimate of drug-likeness (QED) is 0.114. The van der Waals surface area contributed by atoms with Crippen molar-refractivity contribution < 1.29 is 0 Å². The van der Waals surface area contributed by atoms with Crippen LogP contribution < -0.4 is 9.80 Å². The van der Waals surface area contributed by atoms with Gasteiger partial charge in [0.25, 0.3) is 0 Å². The van der Waals surface area contributed by atoms with E-state index >= 15 is 0 Å². The Labute approximate surface area is 448 Å². The van der Waals surface area contributed by atoms with Gasteiger partial charge in [0.2, 0.25) is 0 Å². The lowest BCUT2D eigenvalue weighted by Gasteiger charge is -2.26. The van der Waals surface area contributed by atoms with Crippen LogP contribution in [-0.4, -0.2) is 14.5 Å². The number of para-hydroxylation sites is 4. The van der Waals surface area contributed by atoms with Crippen LogP contribution in [0.2, 0.25) is 0 Å². The third kappa shape index (κ3) is 9.16. The molecule has 13 rings (SSSR count). The standard InChI is InChI=1S/C71H48N6/c1-72-57-21-17-20-56(46-57)71-73-67(54-18-7-2-8-19-54)49-68(74-71)55-36-34-52(35-37-55)50-30-32-51(33-31-50)53-38-40-62(41-39-53)77-69-44-42-63(75(58-22-9-3-10-23-58)59-24-11-4-12-25-59)47-65(69)66-48-64(43-45-70(66)77)76(60-26-13-5-14-27-60)61-28-15-6-16-29-61/h2-49H. The van der Waals surface area contributed by atoms with Crippen LogP contribution in [0.4, 0.5) is 39.8 Å². The first kappa shape index (κ1) is 46.2. The summed E-state index contributed by atoms with van der Waals surface area (Å²) in [5, 5.41) is 2.32. The summed E-state index contributed by atoms with van der Waals surface area (Å²) in [7, 11) is 0. The molecular formula is C71H48N6. The molecule has 0 unspecified atom stereocenters. The van der Waals surface area contributed by atoms with E-state index in [1.54, 1.807) is 6.07 Å². The first-order chi connectivity index (χ1) is 38.1. The predicted octanol–water partition coefficient (Wildman–Crippen LogP) is 19.4. The lowest BCUT2D eigenvalue weighted by Crippen LogP contribution is -2.09. The Bertz CT molecular complexity index is 4010. The molecule has 0 N–H and O–H groups in total. The molecule has 0 aliphatic rings. The molecule has 0 aliphatic heterocycles. The van der Waals surface area contributed by atoms with E-state index in [0.717, 1.165) is 112 Å². The SMILES string of the molecule is [C-]#[N+]c1cccc(-c2nc(-c3ccccc3)cc(-c3ccc(-c4ccc(-c5ccc(-n6c7ccc(N(c8ccccc8)c8ccccc8)cc7c7cc(N(c8ccccc8)c8ccccc8)ccc76)cc5)cc4)cc3)n2)c1. The Balaban J connectivity index is 0.841. The number of anilines is 6. The summed E-state index contributed by atoms with van der Waals surface area (Å²) in [6.07, 6.45) is 0. The van der Waals surface area contributed by atoms with Gasteiger partial charge in [-0.1, -0.05) is 182 Å². The Hall–Kier alpha value is -10.6. The Morgan fingerprint density at radius 3 is 1.08 bits per heavy atom. The molecule has 6 nitrogen and oxygen atoms in total. The summed E-state index contributed by atoms with van der Waals surface area (Å²) in [5.41, 5.74) is 19.4. The van der Waals surface area contributed by atoms with Gasteiger partial charge in [0.15, 0.2) is 11.5 Å². The molecule has 0 saturated carbocycles. The fourth-order valence-electron chi connectivity index (χ4n) is 10.4. The van der Waals surface area contributed by atoms with Crippen LogP contribution in [0.1, 0.15) is 0 Å². The normalized spacial score (nSPS) is 11.1. The molecule has 2 aromatic heterocycles. The molecule has 0 atom stereocenters. The van der Waals surface area contributed by atoms with Crippen LogP contribution in [0.15, 0.2) is 291 Å². The summed E-state index contributed by atoms with van der Waals surface area (Å²) in [4.78, 5) is 18.3. The third-order valence-corrected chi connectivity index (χ3v) is 14.2. The van der Waals surface area contributed by atoms with Gasteiger partial charge in [0, 0.05) is 67.3 Å². The monoisotopic (exact) mass is 984 g/mol. The van der Waals surface area contributed by atoms with Crippen LogP contribution in [0, 0.1) is 6.57 Å². The van der Waals surface area contributed by atoms with Gasteiger partial charge < -0.3 is 14.4 Å². The summed E-state index contributed by atoms with van der Waals surface area (Å²) in [6.45, 7) is 7.56. The van der Waals surface area contributed by atoms with E-state index in [1.165, 1.54) is 0 Å². The van der Waals surface area contributed by atoms with E-state index in [1.807, 2.05) is 42.5 Å². The molecule has 77 heavy (non-hydrogen) atoms. The van der Waals surface area contributed by atoms with Crippen LogP contribution >= 0.6 is 0 Å². The molecule has 2 heterocycles. The van der Waals surface area contributed by atoms with Crippen molar-refractivity contribution in [1.82, 2.24) is 14.5 Å². The second-order valence-electron chi connectivity index (χ2n) is 18.9. The summed E-state index contributed by atoms with van der Waals surface area (Å²) in [5.74, 6) is 0.585. The van der Waals surface area contributed by atoms with E-state index in [-0.39, 0.29) is 0 Å². The molecule has 362 valence electrons. The van der Waals surface area contributed by atoms with E-state index < -0.39 is 0 Å². The molecular weight excluding hydrogens is 937 g/mol. The molecule has 0 fully saturated rings. The molecule has 0 saturated heterocycles. The summed E-state index contributed by atoms with van der Waals surface area (Å²) >= 11 is 0. The summed E-state index contributed by atoms with van der Waals surface area (Å²) in [6, 6.07) is 102. The maximum absolute atomic E-state index is 7.56. The first-order valence-corrected chi connectivity index (χ1v) is 25.7. The van der Waals surface area contributed by atoms with E-state index in [4.69, 9.17) is 16.5 Å². The molecule has 0 aliphatic carbocycles.